The Bertz CT molecular complexity index is 396. The van der Waals surface area contributed by atoms with Crippen LogP contribution < -0.4 is 10.6 Å². The fourth-order valence-corrected chi connectivity index (χ4v) is 2.36. The minimum absolute atomic E-state index is 0.0423. The van der Waals surface area contributed by atoms with Crippen LogP contribution in [0.1, 0.15) is 20.3 Å². The standard InChI is InChI=1S/C11H15Br2N3O/c1-7(2)16-10(17)3-4-14-11-9(13)5-8(12)6-15-11/h5-7H,3-4H2,1-2H3,(H,14,15)(H,16,17). The molecule has 0 unspecified atom stereocenters. The van der Waals surface area contributed by atoms with Gasteiger partial charge in [-0.15, -0.1) is 0 Å². The minimum Gasteiger partial charge on any atom is -0.369 e. The molecule has 0 aliphatic rings. The predicted octanol–water partition coefficient (Wildman–Crippen LogP) is 2.93. The van der Waals surface area contributed by atoms with E-state index in [-0.39, 0.29) is 11.9 Å². The van der Waals surface area contributed by atoms with Crippen molar-refractivity contribution in [1.82, 2.24) is 10.3 Å². The highest BCUT2D eigenvalue weighted by Gasteiger charge is 2.05. The Balaban J connectivity index is 2.38. The van der Waals surface area contributed by atoms with Gasteiger partial charge < -0.3 is 10.6 Å². The van der Waals surface area contributed by atoms with Crippen LogP contribution in [0.25, 0.3) is 0 Å². The van der Waals surface area contributed by atoms with E-state index < -0.39 is 0 Å². The van der Waals surface area contributed by atoms with E-state index in [1.807, 2.05) is 19.9 Å². The molecular weight excluding hydrogens is 350 g/mol. The summed E-state index contributed by atoms with van der Waals surface area (Å²) in [4.78, 5) is 15.6. The van der Waals surface area contributed by atoms with Gasteiger partial charge in [-0.25, -0.2) is 4.98 Å². The molecule has 1 rings (SSSR count). The Hall–Kier alpha value is -0.620. The zero-order chi connectivity index (χ0) is 12.8. The van der Waals surface area contributed by atoms with Gasteiger partial charge in [-0.2, -0.15) is 0 Å². The first-order chi connectivity index (χ1) is 7.99. The molecule has 6 heteroatoms. The van der Waals surface area contributed by atoms with Gasteiger partial charge >= 0.3 is 0 Å². The molecule has 0 aromatic carbocycles. The molecule has 1 heterocycles. The number of nitrogens with zero attached hydrogens (tertiary/aromatic N) is 1. The molecule has 94 valence electrons. The number of hydrogen-bond acceptors (Lipinski definition) is 3. The van der Waals surface area contributed by atoms with Gasteiger partial charge in [0.1, 0.15) is 5.82 Å². The molecule has 1 amide bonds. The van der Waals surface area contributed by atoms with Gasteiger partial charge in [-0.3, -0.25) is 4.79 Å². The normalized spacial score (nSPS) is 10.4. The number of halogens is 2. The number of aromatic nitrogens is 1. The lowest BCUT2D eigenvalue weighted by Crippen LogP contribution is -2.31. The van der Waals surface area contributed by atoms with Crippen LogP contribution in [0, 0.1) is 0 Å². The van der Waals surface area contributed by atoms with Crippen molar-refractivity contribution < 1.29 is 4.79 Å². The lowest BCUT2D eigenvalue weighted by molar-refractivity contribution is -0.121. The third kappa shape index (κ3) is 5.50. The number of carbonyl (C=O) groups excluding carboxylic acids is 1. The van der Waals surface area contributed by atoms with E-state index in [4.69, 9.17) is 0 Å². The van der Waals surface area contributed by atoms with Crippen molar-refractivity contribution in [3.63, 3.8) is 0 Å². The average Bonchev–Trinajstić information content (AvgIpc) is 2.20. The molecule has 0 aliphatic carbocycles. The first kappa shape index (κ1) is 14.4. The Morgan fingerprint density at radius 1 is 1.47 bits per heavy atom. The van der Waals surface area contributed by atoms with Crippen LogP contribution in [0.2, 0.25) is 0 Å². The highest BCUT2D eigenvalue weighted by Crippen LogP contribution is 2.23. The highest BCUT2D eigenvalue weighted by atomic mass is 79.9. The lowest BCUT2D eigenvalue weighted by Gasteiger charge is -2.10. The van der Waals surface area contributed by atoms with Gasteiger partial charge in [0.25, 0.3) is 0 Å². The molecule has 17 heavy (non-hydrogen) atoms. The van der Waals surface area contributed by atoms with E-state index in [0.29, 0.717) is 13.0 Å². The maximum Gasteiger partial charge on any atom is 0.221 e. The summed E-state index contributed by atoms with van der Waals surface area (Å²) < 4.78 is 1.78. The first-order valence-corrected chi connectivity index (χ1v) is 6.92. The van der Waals surface area contributed by atoms with Crippen molar-refractivity contribution >= 4 is 43.6 Å². The molecule has 1 aromatic rings. The zero-order valence-electron chi connectivity index (χ0n) is 9.76. The molecule has 0 bridgehead atoms. The van der Waals surface area contributed by atoms with E-state index in [2.05, 4.69) is 47.5 Å². The second kappa shape index (κ2) is 6.96. The molecule has 0 saturated heterocycles. The van der Waals surface area contributed by atoms with E-state index in [1.54, 1.807) is 6.20 Å². The predicted molar refractivity (Wildman–Crippen MR) is 76.0 cm³/mol. The SMILES string of the molecule is CC(C)NC(=O)CCNc1ncc(Br)cc1Br. The van der Waals surface area contributed by atoms with Gasteiger partial charge in [0.15, 0.2) is 0 Å². The summed E-state index contributed by atoms with van der Waals surface area (Å²) in [7, 11) is 0. The summed E-state index contributed by atoms with van der Waals surface area (Å²) in [6, 6.07) is 2.09. The number of carbonyl (C=O) groups is 1. The summed E-state index contributed by atoms with van der Waals surface area (Å²) in [6.07, 6.45) is 2.14. The van der Waals surface area contributed by atoms with Gasteiger partial charge in [-0.05, 0) is 51.8 Å². The van der Waals surface area contributed by atoms with Crippen molar-refractivity contribution in [2.75, 3.05) is 11.9 Å². The molecule has 0 spiro atoms. The summed E-state index contributed by atoms with van der Waals surface area (Å²) in [5.41, 5.74) is 0. The van der Waals surface area contributed by atoms with Gasteiger partial charge in [0, 0.05) is 29.7 Å². The van der Waals surface area contributed by atoms with Crippen LogP contribution in [0.3, 0.4) is 0 Å². The number of hydrogen-bond donors (Lipinski definition) is 2. The Labute approximate surface area is 118 Å². The van der Waals surface area contributed by atoms with Gasteiger partial charge in [0.05, 0.1) is 4.47 Å². The molecular formula is C11H15Br2N3O. The topological polar surface area (TPSA) is 54.0 Å². The number of nitrogens with one attached hydrogen (secondary N) is 2. The number of amides is 1. The summed E-state index contributed by atoms with van der Waals surface area (Å²) in [5, 5.41) is 5.94. The van der Waals surface area contributed by atoms with Gasteiger partial charge in [0.2, 0.25) is 5.91 Å². The second-order valence-corrected chi connectivity index (χ2v) is 5.65. The fraction of sp³-hybridized carbons (Fsp3) is 0.455. The fourth-order valence-electron chi connectivity index (χ4n) is 1.23. The third-order valence-electron chi connectivity index (χ3n) is 1.90. The largest absolute Gasteiger partial charge is 0.369 e. The number of pyridine rings is 1. The molecule has 0 aliphatic heterocycles. The average molecular weight is 365 g/mol. The monoisotopic (exact) mass is 363 g/mol. The molecule has 0 fully saturated rings. The lowest BCUT2D eigenvalue weighted by atomic mass is 10.3. The Morgan fingerprint density at radius 2 is 2.18 bits per heavy atom. The first-order valence-electron chi connectivity index (χ1n) is 5.33. The third-order valence-corrected chi connectivity index (χ3v) is 2.94. The van der Waals surface area contributed by atoms with E-state index in [1.165, 1.54) is 0 Å². The summed E-state index contributed by atoms with van der Waals surface area (Å²) >= 11 is 6.73. The van der Waals surface area contributed by atoms with Crippen LogP contribution in [0.5, 0.6) is 0 Å². The van der Waals surface area contributed by atoms with Crippen LogP contribution in [0.4, 0.5) is 5.82 Å². The molecule has 0 radical (unpaired) electrons. The highest BCUT2D eigenvalue weighted by molar-refractivity contribution is 9.11. The van der Waals surface area contributed by atoms with Crippen molar-refractivity contribution in [2.24, 2.45) is 0 Å². The zero-order valence-corrected chi connectivity index (χ0v) is 12.9. The van der Waals surface area contributed by atoms with Crippen LogP contribution in [-0.2, 0) is 4.79 Å². The molecule has 0 atom stereocenters. The van der Waals surface area contributed by atoms with Gasteiger partial charge in [-0.1, -0.05) is 0 Å². The van der Waals surface area contributed by atoms with E-state index >= 15 is 0 Å². The number of rotatable bonds is 5. The molecule has 4 nitrogen and oxygen atoms in total. The summed E-state index contributed by atoms with van der Waals surface area (Å²) in [5.74, 6) is 0.784. The Morgan fingerprint density at radius 3 is 2.76 bits per heavy atom. The Kier molecular flexibility index (Phi) is 5.91. The smallest absolute Gasteiger partial charge is 0.221 e. The van der Waals surface area contributed by atoms with Crippen molar-refractivity contribution in [1.29, 1.82) is 0 Å². The van der Waals surface area contributed by atoms with E-state index in [0.717, 1.165) is 14.8 Å². The van der Waals surface area contributed by atoms with Crippen molar-refractivity contribution in [3.8, 4) is 0 Å². The van der Waals surface area contributed by atoms with Crippen LogP contribution in [0.15, 0.2) is 21.2 Å². The maximum atomic E-state index is 11.4. The second-order valence-electron chi connectivity index (χ2n) is 3.88. The maximum absolute atomic E-state index is 11.4. The molecule has 2 N–H and O–H groups in total. The van der Waals surface area contributed by atoms with E-state index in [9.17, 15) is 4.79 Å². The van der Waals surface area contributed by atoms with Crippen LogP contribution >= 0.6 is 31.9 Å². The van der Waals surface area contributed by atoms with Crippen molar-refractivity contribution in [3.05, 3.63) is 21.2 Å². The van der Waals surface area contributed by atoms with Crippen LogP contribution in [-0.4, -0.2) is 23.5 Å². The van der Waals surface area contributed by atoms with Crippen molar-refractivity contribution in [2.45, 2.75) is 26.3 Å². The quantitative estimate of drug-likeness (QED) is 0.844. The summed E-state index contributed by atoms with van der Waals surface area (Å²) in [6.45, 7) is 4.45. The molecule has 1 aromatic heterocycles. The minimum atomic E-state index is 0.0423. The number of anilines is 1. The molecule has 0 saturated carbocycles.